The van der Waals surface area contributed by atoms with Crippen molar-refractivity contribution in [3.63, 3.8) is 0 Å². The maximum absolute atomic E-state index is 10.6. The fourth-order valence-electron chi connectivity index (χ4n) is 2.16. The number of aliphatic hydroxyl groups is 1. The van der Waals surface area contributed by atoms with Crippen molar-refractivity contribution in [2.75, 3.05) is 0 Å². The van der Waals surface area contributed by atoms with Gasteiger partial charge < -0.3 is 10.8 Å². The van der Waals surface area contributed by atoms with Crippen molar-refractivity contribution in [3.8, 4) is 0 Å². The van der Waals surface area contributed by atoms with Crippen molar-refractivity contribution >= 4 is 5.91 Å². The first kappa shape index (κ1) is 15.7. The van der Waals surface area contributed by atoms with E-state index in [4.69, 9.17) is 5.73 Å². The second-order valence-corrected chi connectivity index (χ2v) is 5.06. The molecule has 19 heavy (non-hydrogen) atoms. The highest BCUT2D eigenvalue weighted by Gasteiger charge is 2.09. The van der Waals surface area contributed by atoms with Gasteiger partial charge in [-0.2, -0.15) is 0 Å². The molecule has 1 atom stereocenters. The van der Waals surface area contributed by atoms with Crippen molar-refractivity contribution < 1.29 is 9.90 Å². The number of carbonyl (C=O) groups excluding carboxylic acids is 1. The standard InChI is InChI=1S/C16H25NO2/c17-16(19)15(18)13-9-4-2-1-3-6-10-14-11-7-5-8-12-14/h5,7-8,11-12,15,18H,1-4,6,9-10,13H2,(H2,17,19). The number of primary amides is 1. The molecule has 1 rings (SSSR count). The van der Waals surface area contributed by atoms with E-state index in [0.717, 1.165) is 19.3 Å². The first-order valence-electron chi connectivity index (χ1n) is 7.21. The number of hydrogen-bond donors (Lipinski definition) is 2. The van der Waals surface area contributed by atoms with Crippen molar-refractivity contribution in [1.82, 2.24) is 0 Å². The van der Waals surface area contributed by atoms with Crippen LogP contribution in [0.1, 0.15) is 50.5 Å². The Bertz CT molecular complexity index is 351. The number of aryl methyl sites for hydroxylation is 1. The van der Waals surface area contributed by atoms with Crippen molar-refractivity contribution in [2.45, 2.75) is 57.5 Å². The molecule has 3 heteroatoms. The molecule has 0 fully saturated rings. The number of nitrogens with two attached hydrogens (primary N) is 1. The van der Waals surface area contributed by atoms with E-state index in [9.17, 15) is 9.90 Å². The van der Waals surface area contributed by atoms with Crippen LogP contribution in [0.5, 0.6) is 0 Å². The number of aliphatic hydroxyl groups excluding tert-OH is 1. The molecule has 0 spiro atoms. The molecule has 0 aliphatic rings. The molecule has 0 bridgehead atoms. The predicted molar refractivity (Wildman–Crippen MR) is 77.7 cm³/mol. The third kappa shape index (κ3) is 7.62. The van der Waals surface area contributed by atoms with Gasteiger partial charge >= 0.3 is 0 Å². The van der Waals surface area contributed by atoms with Gasteiger partial charge in [0.2, 0.25) is 5.91 Å². The summed E-state index contributed by atoms with van der Waals surface area (Å²) in [7, 11) is 0. The first-order valence-corrected chi connectivity index (χ1v) is 7.21. The lowest BCUT2D eigenvalue weighted by Gasteiger charge is -2.06. The Balaban J connectivity index is 1.90. The van der Waals surface area contributed by atoms with Crippen LogP contribution in [0.4, 0.5) is 0 Å². The van der Waals surface area contributed by atoms with Crippen molar-refractivity contribution in [3.05, 3.63) is 35.9 Å². The monoisotopic (exact) mass is 263 g/mol. The molecule has 3 N–H and O–H groups in total. The second kappa shape index (κ2) is 9.56. The van der Waals surface area contributed by atoms with Crippen LogP contribution in [0.25, 0.3) is 0 Å². The minimum atomic E-state index is -0.960. The maximum Gasteiger partial charge on any atom is 0.246 e. The number of amides is 1. The number of rotatable bonds is 10. The summed E-state index contributed by atoms with van der Waals surface area (Å²) in [6, 6.07) is 10.6. The molecule has 106 valence electrons. The quantitative estimate of drug-likeness (QED) is 0.638. The summed E-state index contributed by atoms with van der Waals surface area (Å²) in [6.07, 6.45) is 7.50. The van der Waals surface area contributed by atoms with Crippen LogP contribution in [0, 0.1) is 0 Å². The normalized spacial score (nSPS) is 12.3. The van der Waals surface area contributed by atoms with Gasteiger partial charge in [-0.25, -0.2) is 0 Å². The molecule has 0 aromatic heterocycles. The Kier molecular flexibility index (Phi) is 7.91. The lowest BCUT2D eigenvalue weighted by Crippen LogP contribution is -2.27. The Morgan fingerprint density at radius 1 is 1.00 bits per heavy atom. The maximum atomic E-state index is 10.6. The Morgan fingerprint density at radius 2 is 1.58 bits per heavy atom. The number of hydrogen-bond acceptors (Lipinski definition) is 2. The van der Waals surface area contributed by atoms with E-state index in [1.165, 1.54) is 31.2 Å². The highest BCUT2D eigenvalue weighted by atomic mass is 16.3. The van der Waals surface area contributed by atoms with E-state index < -0.39 is 12.0 Å². The number of benzene rings is 1. The Labute approximate surface area is 115 Å². The number of carbonyl (C=O) groups is 1. The van der Waals surface area contributed by atoms with E-state index in [0.29, 0.717) is 6.42 Å². The summed E-state index contributed by atoms with van der Waals surface area (Å²) in [5.74, 6) is -0.608. The topological polar surface area (TPSA) is 63.3 Å². The van der Waals surface area contributed by atoms with Crippen LogP contribution >= 0.6 is 0 Å². The summed E-state index contributed by atoms with van der Waals surface area (Å²) in [5.41, 5.74) is 6.39. The minimum Gasteiger partial charge on any atom is -0.383 e. The SMILES string of the molecule is NC(=O)C(O)CCCCCCCCc1ccccc1. The largest absolute Gasteiger partial charge is 0.383 e. The van der Waals surface area contributed by atoms with Gasteiger partial charge in [-0.1, -0.05) is 62.4 Å². The Hall–Kier alpha value is -1.35. The molecule has 0 heterocycles. The summed E-state index contributed by atoms with van der Waals surface area (Å²) >= 11 is 0. The van der Waals surface area contributed by atoms with Gasteiger partial charge in [-0.15, -0.1) is 0 Å². The van der Waals surface area contributed by atoms with E-state index in [-0.39, 0.29) is 0 Å². The van der Waals surface area contributed by atoms with E-state index in [1.54, 1.807) is 0 Å². The van der Waals surface area contributed by atoms with E-state index in [1.807, 2.05) is 6.07 Å². The average Bonchev–Trinajstić information content (AvgIpc) is 2.42. The molecule has 0 radical (unpaired) electrons. The third-order valence-electron chi connectivity index (χ3n) is 3.36. The van der Waals surface area contributed by atoms with Gasteiger partial charge in [0.1, 0.15) is 6.10 Å². The van der Waals surface area contributed by atoms with E-state index >= 15 is 0 Å². The van der Waals surface area contributed by atoms with Gasteiger partial charge in [-0.05, 0) is 24.8 Å². The van der Waals surface area contributed by atoms with Gasteiger partial charge in [0.05, 0.1) is 0 Å². The fourth-order valence-corrected chi connectivity index (χ4v) is 2.16. The number of unbranched alkanes of at least 4 members (excludes halogenated alkanes) is 5. The van der Waals surface area contributed by atoms with Gasteiger partial charge in [0, 0.05) is 0 Å². The molecule has 1 unspecified atom stereocenters. The molecule has 0 saturated carbocycles. The molecule has 0 aliphatic carbocycles. The zero-order chi connectivity index (χ0) is 13.9. The molecule has 3 nitrogen and oxygen atoms in total. The molecular formula is C16H25NO2. The summed E-state index contributed by atoms with van der Waals surface area (Å²) in [4.78, 5) is 10.6. The van der Waals surface area contributed by atoms with Crippen LogP contribution in [0.15, 0.2) is 30.3 Å². The molecule has 1 aromatic carbocycles. The molecule has 1 aromatic rings. The lowest BCUT2D eigenvalue weighted by molar-refractivity contribution is -0.126. The van der Waals surface area contributed by atoms with Crippen molar-refractivity contribution in [2.24, 2.45) is 5.73 Å². The zero-order valence-corrected chi connectivity index (χ0v) is 11.6. The molecule has 1 amide bonds. The van der Waals surface area contributed by atoms with E-state index in [2.05, 4.69) is 24.3 Å². The molecule has 0 saturated heterocycles. The molecule has 0 aliphatic heterocycles. The van der Waals surface area contributed by atoms with Crippen molar-refractivity contribution in [1.29, 1.82) is 0 Å². The zero-order valence-electron chi connectivity index (χ0n) is 11.6. The third-order valence-corrected chi connectivity index (χ3v) is 3.36. The average molecular weight is 263 g/mol. The van der Waals surface area contributed by atoms with Gasteiger partial charge in [0.25, 0.3) is 0 Å². The van der Waals surface area contributed by atoms with Crippen LogP contribution in [0.2, 0.25) is 0 Å². The van der Waals surface area contributed by atoms with Crippen LogP contribution < -0.4 is 5.73 Å². The van der Waals surface area contributed by atoms with Gasteiger partial charge in [-0.3, -0.25) is 4.79 Å². The smallest absolute Gasteiger partial charge is 0.246 e. The summed E-state index contributed by atoms with van der Waals surface area (Å²) in [5, 5.41) is 9.22. The minimum absolute atomic E-state index is 0.499. The highest BCUT2D eigenvalue weighted by molar-refractivity contribution is 5.78. The van der Waals surface area contributed by atoms with Crippen LogP contribution in [-0.4, -0.2) is 17.1 Å². The molecular weight excluding hydrogens is 238 g/mol. The van der Waals surface area contributed by atoms with Gasteiger partial charge in [0.15, 0.2) is 0 Å². The summed E-state index contributed by atoms with van der Waals surface area (Å²) < 4.78 is 0. The predicted octanol–water partition coefficient (Wildman–Crippen LogP) is 2.81. The fraction of sp³-hybridized carbons (Fsp3) is 0.562. The van der Waals surface area contributed by atoms with Crippen LogP contribution in [0.3, 0.4) is 0 Å². The first-order chi connectivity index (χ1) is 9.20. The Morgan fingerprint density at radius 3 is 2.21 bits per heavy atom. The second-order valence-electron chi connectivity index (χ2n) is 5.06. The summed E-state index contributed by atoms with van der Waals surface area (Å²) in [6.45, 7) is 0. The van der Waals surface area contributed by atoms with Crippen LogP contribution in [-0.2, 0) is 11.2 Å². The lowest BCUT2D eigenvalue weighted by atomic mass is 10.0. The highest BCUT2D eigenvalue weighted by Crippen LogP contribution is 2.11.